The van der Waals surface area contributed by atoms with Gasteiger partial charge in [-0.1, -0.05) is 36.8 Å². The van der Waals surface area contributed by atoms with Crippen LogP contribution in [-0.2, 0) is 10.2 Å². The van der Waals surface area contributed by atoms with Crippen LogP contribution in [0.15, 0.2) is 36.7 Å². The maximum absolute atomic E-state index is 12.4. The lowest BCUT2D eigenvalue weighted by Gasteiger charge is -2.40. The number of aromatic nitrogens is 3. The fraction of sp³-hybridized carbons (Fsp3) is 0.308. The van der Waals surface area contributed by atoms with Crippen molar-refractivity contribution in [1.82, 2.24) is 15.2 Å². The number of carbonyl (C=O) groups excluding carboxylic acids is 1. The van der Waals surface area contributed by atoms with E-state index >= 15 is 0 Å². The standard InChI is InChI=1S/C13H14N4O/c18-11(16-12-14-9-15-17-12)13(7-4-8-13)10-5-2-1-3-6-10/h1-3,5-6,9H,4,7-8H2,(H2,14,15,16,17,18). The molecule has 1 aliphatic rings. The molecular weight excluding hydrogens is 228 g/mol. The minimum atomic E-state index is -0.395. The molecule has 18 heavy (non-hydrogen) atoms. The number of benzene rings is 1. The highest BCUT2D eigenvalue weighted by Crippen LogP contribution is 2.44. The van der Waals surface area contributed by atoms with Crippen LogP contribution in [0.3, 0.4) is 0 Å². The number of rotatable bonds is 3. The van der Waals surface area contributed by atoms with Crippen molar-refractivity contribution in [3.63, 3.8) is 0 Å². The first-order chi connectivity index (χ1) is 8.81. The van der Waals surface area contributed by atoms with Crippen LogP contribution in [0.4, 0.5) is 5.95 Å². The van der Waals surface area contributed by atoms with Crippen LogP contribution in [-0.4, -0.2) is 21.1 Å². The summed E-state index contributed by atoms with van der Waals surface area (Å²) in [6.45, 7) is 0. The molecule has 1 aromatic heterocycles. The van der Waals surface area contributed by atoms with E-state index < -0.39 is 5.41 Å². The summed E-state index contributed by atoms with van der Waals surface area (Å²) in [5.41, 5.74) is 0.682. The quantitative estimate of drug-likeness (QED) is 0.863. The van der Waals surface area contributed by atoms with E-state index in [9.17, 15) is 4.79 Å². The zero-order valence-corrected chi connectivity index (χ0v) is 9.89. The van der Waals surface area contributed by atoms with Crippen LogP contribution in [0.2, 0.25) is 0 Å². The van der Waals surface area contributed by atoms with Crippen LogP contribution in [0.1, 0.15) is 24.8 Å². The molecule has 0 radical (unpaired) electrons. The molecule has 1 aromatic carbocycles. The third-order valence-electron chi connectivity index (χ3n) is 3.62. The third-order valence-corrected chi connectivity index (χ3v) is 3.62. The summed E-state index contributed by atoms with van der Waals surface area (Å²) in [6, 6.07) is 9.93. The first-order valence-electron chi connectivity index (χ1n) is 6.04. The zero-order chi connectivity index (χ0) is 12.4. The molecule has 0 atom stereocenters. The summed E-state index contributed by atoms with van der Waals surface area (Å²) in [7, 11) is 0. The van der Waals surface area contributed by atoms with E-state index in [1.165, 1.54) is 6.33 Å². The lowest BCUT2D eigenvalue weighted by Crippen LogP contribution is -2.46. The average Bonchev–Trinajstić information content (AvgIpc) is 2.82. The molecule has 1 aliphatic carbocycles. The minimum Gasteiger partial charge on any atom is -0.294 e. The van der Waals surface area contributed by atoms with Crippen LogP contribution < -0.4 is 5.32 Å². The second kappa shape index (κ2) is 4.25. The van der Waals surface area contributed by atoms with Crippen molar-refractivity contribution in [3.05, 3.63) is 42.2 Å². The molecule has 0 saturated heterocycles. The first-order valence-corrected chi connectivity index (χ1v) is 6.04. The van der Waals surface area contributed by atoms with Gasteiger partial charge in [0.1, 0.15) is 6.33 Å². The molecular formula is C13H14N4O. The average molecular weight is 242 g/mol. The molecule has 3 rings (SSSR count). The van der Waals surface area contributed by atoms with Gasteiger partial charge in [-0.2, -0.15) is 10.1 Å². The fourth-order valence-corrected chi connectivity index (χ4v) is 2.43. The fourth-order valence-electron chi connectivity index (χ4n) is 2.43. The Morgan fingerprint density at radius 1 is 1.28 bits per heavy atom. The maximum Gasteiger partial charge on any atom is 0.237 e. The highest BCUT2D eigenvalue weighted by Gasteiger charge is 2.45. The molecule has 1 fully saturated rings. The van der Waals surface area contributed by atoms with Gasteiger partial charge in [0, 0.05) is 0 Å². The number of H-pyrrole nitrogens is 1. The number of nitrogens with one attached hydrogen (secondary N) is 2. The van der Waals surface area contributed by atoms with Crippen molar-refractivity contribution in [1.29, 1.82) is 0 Å². The Labute approximate surface area is 105 Å². The molecule has 1 heterocycles. The number of hydrogen-bond donors (Lipinski definition) is 2. The summed E-state index contributed by atoms with van der Waals surface area (Å²) in [5, 5.41) is 9.16. The van der Waals surface area contributed by atoms with Crippen LogP contribution in [0, 0.1) is 0 Å². The highest BCUT2D eigenvalue weighted by atomic mass is 16.2. The topological polar surface area (TPSA) is 70.7 Å². The van der Waals surface area contributed by atoms with Gasteiger partial charge in [0.15, 0.2) is 0 Å². The smallest absolute Gasteiger partial charge is 0.237 e. The SMILES string of the molecule is O=C(Nc1ncn[nH]1)C1(c2ccccc2)CCC1. The van der Waals surface area contributed by atoms with E-state index in [2.05, 4.69) is 20.5 Å². The first kappa shape index (κ1) is 11.0. The van der Waals surface area contributed by atoms with E-state index in [0.717, 1.165) is 24.8 Å². The third kappa shape index (κ3) is 1.68. The summed E-state index contributed by atoms with van der Waals surface area (Å²) < 4.78 is 0. The van der Waals surface area contributed by atoms with E-state index in [1.807, 2.05) is 30.3 Å². The second-order valence-corrected chi connectivity index (χ2v) is 4.59. The Balaban J connectivity index is 1.86. The number of anilines is 1. The molecule has 1 amide bonds. The van der Waals surface area contributed by atoms with Gasteiger partial charge in [-0.25, -0.2) is 5.10 Å². The molecule has 0 unspecified atom stereocenters. The van der Waals surface area contributed by atoms with Gasteiger partial charge in [-0.15, -0.1) is 0 Å². The second-order valence-electron chi connectivity index (χ2n) is 4.59. The molecule has 0 spiro atoms. The lowest BCUT2D eigenvalue weighted by molar-refractivity contribution is -0.124. The molecule has 5 nitrogen and oxygen atoms in total. The lowest BCUT2D eigenvalue weighted by atomic mass is 9.64. The minimum absolute atomic E-state index is 0.00306. The summed E-state index contributed by atoms with van der Waals surface area (Å²) in [5.74, 6) is 0.402. The van der Waals surface area contributed by atoms with Gasteiger partial charge >= 0.3 is 0 Å². The summed E-state index contributed by atoms with van der Waals surface area (Å²) in [4.78, 5) is 16.3. The molecule has 5 heteroatoms. The van der Waals surface area contributed by atoms with E-state index in [1.54, 1.807) is 0 Å². The predicted molar refractivity (Wildman–Crippen MR) is 67.0 cm³/mol. The number of nitrogens with zero attached hydrogens (tertiary/aromatic N) is 2. The molecule has 1 saturated carbocycles. The van der Waals surface area contributed by atoms with Crippen molar-refractivity contribution >= 4 is 11.9 Å². The van der Waals surface area contributed by atoms with Crippen LogP contribution >= 0.6 is 0 Å². The van der Waals surface area contributed by atoms with Crippen LogP contribution in [0.5, 0.6) is 0 Å². The Bertz CT molecular complexity index is 531. The van der Waals surface area contributed by atoms with Gasteiger partial charge < -0.3 is 0 Å². The maximum atomic E-state index is 12.4. The van der Waals surface area contributed by atoms with Gasteiger partial charge in [0.25, 0.3) is 0 Å². The molecule has 0 bridgehead atoms. The Hall–Kier alpha value is -2.17. The number of aromatic amines is 1. The summed E-state index contributed by atoms with van der Waals surface area (Å²) in [6.07, 6.45) is 4.23. The van der Waals surface area contributed by atoms with E-state index in [4.69, 9.17) is 0 Å². The Kier molecular flexibility index (Phi) is 2.59. The number of amides is 1. The molecule has 2 N–H and O–H groups in total. The Morgan fingerprint density at radius 2 is 2.06 bits per heavy atom. The van der Waals surface area contributed by atoms with Crippen molar-refractivity contribution in [3.8, 4) is 0 Å². The van der Waals surface area contributed by atoms with Crippen molar-refractivity contribution < 1.29 is 4.79 Å². The van der Waals surface area contributed by atoms with Gasteiger partial charge in [-0.3, -0.25) is 10.1 Å². The largest absolute Gasteiger partial charge is 0.294 e. The molecule has 92 valence electrons. The monoisotopic (exact) mass is 242 g/mol. The normalized spacial score (nSPS) is 16.9. The predicted octanol–water partition coefficient (Wildman–Crippen LogP) is 1.87. The zero-order valence-electron chi connectivity index (χ0n) is 9.89. The van der Waals surface area contributed by atoms with Crippen LogP contribution in [0.25, 0.3) is 0 Å². The van der Waals surface area contributed by atoms with Gasteiger partial charge in [-0.05, 0) is 18.4 Å². The molecule has 2 aromatic rings. The summed E-state index contributed by atoms with van der Waals surface area (Å²) >= 11 is 0. The van der Waals surface area contributed by atoms with E-state index in [0.29, 0.717) is 5.95 Å². The number of carbonyl (C=O) groups is 1. The van der Waals surface area contributed by atoms with Gasteiger partial charge in [0.2, 0.25) is 11.9 Å². The van der Waals surface area contributed by atoms with Crippen molar-refractivity contribution in [2.24, 2.45) is 0 Å². The molecule has 0 aliphatic heterocycles. The van der Waals surface area contributed by atoms with E-state index in [-0.39, 0.29) is 5.91 Å². The van der Waals surface area contributed by atoms with Crippen molar-refractivity contribution in [2.45, 2.75) is 24.7 Å². The van der Waals surface area contributed by atoms with Crippen molar-refractivity contribution in [2.75, 3.05) is 5.32 Å². The van der Waals surface area contributed by atoms with Gasteiger partial charge in [0.05, 0.1) is 5.41 Å². The Morgan fingerprint density at radius 3 is 2.61 bits per heavy atom. The highest BCUT2D eigenvalue weighted by molar-refractivity contribution is 5.98. The number of hydrogen-bond acceptors (Lipinski definition) is 3.